The average Bonchev–Trinajstić information content (AvgIpc) is 3.16. The van der Waals surface area contributed by atoms with Gasteiger partial charge < -0.3 is 14.6 Å². The van der Waals surface area contributed by atoms with Crippen molar-refractivity contribution in [1.29, 1.82) is 0 Å². The first-order valence-corrected chi connectivity index (χ1v) is 7.71. The first kappa shape index (κ1) is 15.7. The van der Waals surface area contributed by atoms with Gasteiger partial charge in [-0.15, -0.1) is 0 Å². The lowest BCUT2D eigenvalue weighted by Gasteiger charge is -2.19. The minimum Gasteiger partial charge on any atom is -0.443 e. The van der Waals surface area contributed by atoms with Crippen LogP contribution in [-0.2, 0) is 0 Å². The molecule has 1 aliphatic carbocycles. The number of hydrogen-bond donors (Lipinski definition) is 1. The van der Waals surface area contributed by atoms with Gasteiger partial charge >= 0.3 is 0 Å². The van der Waals surface area contributed by atoms with E-state index >= 15 is 0 Å². The van der Waals surface area contributed by atoms with Crippen LogP contribution in [0.15, 0.2) is 35.1 Å². The summed E-state index contributed by atoms with van der Waals surface area (Å²) in [6.07, 6.45) is 4.20. The Bertz CT molecular complexity index is 681. The molecule has 122 valence electrons. The maximum absolute atomic E-state index is 13.0. The van der Waals surface area contributed by atoms with Crippen LogP contribution < -0.4 is 5.32 Å². The fraction of sp³-hybridized carbons (Fsp3) is 0.412. The molecular formula is C17H20FN3O2. The van der Waals surface area contributed by atoms with Crippen molar-refractivity contribution in [1.82, 2.24) is 15.2 Å². The summed E-state index contributed by atoms with van der Waals surface area (Å²) in [6.45, 7) is 0. The Kier molecular flexibility index (Phi) is 4.43. The van der Waals surface area contributed by atoms with Crippen LogP contribution in [0.2, 0.25) is 0 Å². The van der Waals surface area contributed by atoms with E-state index < -0.39 is 0 Å². The van der Waals surface area contributed by atoms with Gasteiger partial charge in [-0.25, -0.2) is 9.37 Å². The third-order valence-electron chi connectivity index (χ3n) is 4.36. The van der Waals surface area contributed by atoms with E-state index in [4.69, 9.17) is 4.42 Å². The van der Waals surface area contributed by atoms with Crippen LogP contribution in [0.3, 0.4) is 0 Å². The van der Waals surface area contributed by atoms with Gasteiger partial charge in [-0.2, -0.15) is 0 Å². The lowest BCUT2D eigenvalue weighted by Crippen LogP contribution is -2.35. The smallest absolute Gasteiger partial charge is 0.274 e. The van der Waals surface area contributed by atoms with E-state index in [0.717, 1.165) is 19.3 Å². The number of nitrogens with one attached hydrogen (secondary N) is 1. The second-order valence-electron chi connectivity index (χ2n) is 6.14. The van der Waals surface area contributed by atoms with Gasteiger partial charge in [0.1, 0.15) is 5.82 Å². The molecule has 3 rings (SSSR count). The summed E-state index contributed by atoms with van der Waals surface area (Å²) in [4.78, 5) is 18.7. The number of aromatic nitrogens is 1. The Morgan fingerprint density at radius 1 is 1.30 bits per heavy atom. The Morgan fingerprint density at radius 2 is 2.04 bits per heavy atom. The number of oxazole rings is 1. The molecule has 0 radical (unpaired) electrons. The monoisotopic (exact) mass is 317 g/mol. The van der Waals surface area contributed by atoms with E-state index in [0.29, 0.717) is 17.4 Å². The summed E-state index contributed by atoms with van der Waals surface area (Å²) >= 11 is 0. The van der Waals surface area contributed by atoms with Crippen LogP contribution in [-0.4, -0.2) is 42.0 Å². The molecule has 1 amide bonds. The SMILES string of the molecule is CN(C)C1CCC(NC(=O)c2ncoc2-c2ccc(F)cc2)C1. The molecule has 2 unspecified atom stereocenters. The van der Waals surface area contributed by atoms with E-state index in [2.05, 4.69) is 29.3 Å². The standard InChI is InChI=1S/C17H20FN3O2/c1-21(2)14-8-7-13(9-14)20-17(22)15-16(23-10-19-15)11-3-5-12(18)6-4-11/h3-6,10,13-14H,7-9H2,1-2H3,(H,20,22). The topological polar surface area (TPSA) is 58.4 Å². The van der Waals surface area contributed by atoms with Gasteiger partial charge in [-0.3, -0.25) is 4.79 Å². The molecule has 0 bridgehead atoms. The molecule has 23 heavy (non-hydrogen) atoms. The molecule has 1 aromatic heterocycles. The van der Waals surface area contributed by atoms with Gasteiger partial charge in [0.05, 0.1) is 0 Å². The second-order valence-corrected chi connectivity index (χ2v) is 6.14. The highest BCUT2D eigenvalue weighted by Gasteiger charge is 2.29. The van der Waals surface area contributed by atoms with Gasteiger partial charge in [0, 0.05) is 17.6 Å². The lowest BCUT2D eigenvalue weighted by molar-refractivity contribution is 0.0932. The normalized spacial score (nSPS) is 20.9. The summed E-state index contributed by atoms with van der Waals surface area (Å²) in [6, 6.07) is 6.45. The van der Waals surface area contributed by atoms with Crippen LogP contribution >= 0.6 is 0 Å². The van der Waals surface area contributed by atoms with Crippen molar-refractivity contribution in [3.05, 3.63) is 42.2 Å². The molecule has 2 atom stereocenters. The maximum Gasteiger partial charge on any atom is 0.274 e. The van der Waals surface area contributed by atoms with E-state index in [1.165, 1.54) is 18.5 Å². The van der Waals surface area contributed by atoms with Crippen LogP contribution in [0.1, 0.15) is 29.8 Å². The van der Waals surface area contributed by atoms with Crippen molar-refractivity contribution in [3.8, 4) is 11.3 Å². The van der Waals surface area contributed by atoms with E-state index in [9.17, 15) is 9.18 Å². The highest BCUT2D eigenvalue weighted by Crippen LogP contribution is 2.25. The quantitative estimate of drug-likeness (QED) is 0.942. The van der Waals surface area contributed by atoms with Crippen molar-refractivity contribution in [2.24, 2.45) is 0 Å². The van der Waals surface area contributed by atoms with Gasteiger partial charge in [0.15, 0.2) is 17.8 Å². The molecule has 2 aromatic rings. The fourth-order valence-electron chi connectivity index (χ4n) is 3.03. The van der Waals surface area contributed by atoms with Gasteiger partial charge in [-0.1, -0.05) is 0 Å². The number of nitrogens with zero attached hydrogens (tertiary/aromatic N) is 2. The van der Waals surface area contributed by atoms with Crippen molar-refractivity contribution >= 4 is 5.91 Å². The summed E-state index contributed by atoms with van der Waals surface area (Å²) in [5.41, 5.74) is 0.872. The molecule has 6 heteroatoms. The largest absolute Gasteiger partial charge is 0.443 e. The second kappa shape index (κ2) is 6.50. The summed E-state index contributed by atoms with van der Waals surface area (Å²) in [5, 5.41) is 3.03. The molecule has 5 nitrogen and oxygen atoms in total. The maximum atomic E-state index is 13.0. The first-order valence-electron chi connectivity index (χ1n) is 7.71. The third kappa shape index (κ3) is 3.42. The minimum atomic E-state index is -0.333. The fourth-order valence-corrected chi connectivity index (χ4v) is 3.03. The zero-order valence-corrected chi connectivity index (χ0v) is 13.3. The molecule has 0 saturated heterocycles. The molecule has 1 fully saturated rings. The number of rotatable bonds is 4. The van der Waals surface area contributed by atoms with Gasteiger partial charge in [-0.05, 0) is 57.6 Å². The highest BCUT2D eigenvalue weighted by atomic mass is 19.1. The number of carbonyl (C=O) groups excluding carboxylic acids is 1. The minimum absolute atomic E-state index is 0.146. The van der Waals surface area contributed by atoms with E-state index in [-0.39, 0.29) is 23.5 Å². The number of carbonyl (C=O) groups is 1. The number of benzene rings is 1. The zero-order valence-electron chi connectivity index (χ0n) is 13.3. The molecule has 1 aliphatic rings. The Balaban J connectivity index is 1.72. The lowest BCUT2D eigenvalue weighted by atomic mass is 10.1. The third-order valence-corrected chi connectivity index (χ3v) is 4.36. The predicted molar refractivity (Wildman–Crippen MR) is 84.5 cm³/mol. The van der Waals surface area contributed by atoms with Crippen LogP contribution in [0.25, 0.3) is 11.3 Å². The Morgan fingerprint density at radius 3 is 2.70 bits per heavy atom. The zero-order chi connectivity index (χ0) is 16.4. The average molecular weight is 317 g/mol. The van der Waals surface area contributed by atoms with Crippen LogP contribution in [0.4, 0.5) is 4.39 Å². The molecule has 1 aromatic carbocycles. The highest BCUT2D eigenvalue weighted by molar-refractivity contribution is 5.97. The Hall–Kier alpha value is -2.21. The first-order chi connectivity index (χ1) is 11.0. The summed E-state index contributed by atoms with van der Waals surface area (Å²) in [7, 11) is 4.11. The summed E-state index contributed by atoms with van der Waals surface area (Å²) < 4.78 is 18.4. The molecule has 1 saturated carbocycles. The number of halogens is 1. The number of amides is 1. The van der Waals surface area contributed by atoms with Crippen LogP contribution in [0, 0.1) is 5.82 Å². The molecule has 1 N–H and O–H groups in total. The van der Waals surface area contributed by atoms with E-state index in [1.807, 2.05) is 0 Å². The van der Waals surface area contributed by atoms with Crippen molar-refractivity contribution in [2.45, 2.75) is 31.3 Å². The van der Waals surface area contributed by atoms with Crippen molar-refractivity contribution < 1.29 is 13.6 Å². The Labute approximate surface area is 134 Å². The van der Waals surface area contributed by atoms with E-state index in [1.54, 1.807) is 12.1 Å². The van der Waals surface area contributed by atoms with Crippen molar-refractivity contribution in [3.63, 3.8) is 0 Å². The molecular weight excluding hydrogens is 297 g/mol. The molecule has 0 aliphatic heterocycles. The van der Waals surface area contributed by atoms with Crippen LogP contribution in [0.5, 0.6) is 0 Å². The van der Waals surface area contributed by atoms with Gasteiger partial charge in [0.25, 0.3) is 5.91 Å². The molecule has 0 spiro atoms. The predicted octanol–water partition coefficient (Wildman–Crippen LogP) is 2.69. The summed E-state index contributed by atoms with van der Waals surface area (Å²) in [5.74, 6) is -0.216. The number of hydrogen-bond acceptors (Lipinski definition) is 4. The van der Waals surface area contributed by atoms with Crippen molar-refractivity contribution in [2.75, 3.05) is 14.1 Å². The molecule has 1 heterocycles. The van der Waals surface area contributed by atoms with Gasteiger partial charge in [0.2, 0.25) is 0 Å².